The summed E-state index contributed by atoms with van der Waals surface area (Å²) < 4.78 is 3.11. The molecule has 0 amide bonds. The predicted octanol–water partition coefficient (Wildman–Crippen LogP) is 0.811. The first-order valence-electron chi connectivity index (χ1n) is 5.66. The van der Waals surface area contributed by atoms with Gasteiger partial charge in [0.2, 0.25) is 0 Å². The van der Waals surface area contributed by atoms with Crippen molar-refractivity contribution in [2.45, 2.75) is 6.54 Å². The molecule has 92 valence electrons. The van der Waals surface area contributed by atoms with E-state index in [-0.39, 0.29) is 5.56 Å². The van der Waals surface area contributed by atoms with E-state index in [1.807, 2.05) is 6.07 Å². The van der Waals surface area contributed by atoms with Gasteiger partial charge in [0.05, 0.1) is 12.7 Å². The SMILES string of the molecule is N#Cc1cc(Cn2ccn3nccc3c2=O)ccn1. The van der Waals surface area contributed by atoms with Gasteiger partial charge in [0.1, 0.15) is 17.3 Å². The Morgan fingerprint density at radius 2 is 2.16 bits per heavy atom. The molecule has 0 spiro atoms. The highest BCUT2D eigenvalue weighted by Crippen LogP contribution is 2.03. The van der Waals surface area contributed by atoms with Crippen LogP contribution in [0.2, 0.25) is 0 Å². The fourth-order valence-corrected chi connectivity index (χ4v) is 1.92. The van der Waals surface area contributed by atoms with Crippen molar-refractivity contribution in [2.24, 2.45) is 0 Å². The van der Waals surface area contributed by atoms with Gasteiger partial charge in [-0.25, -0.2) is 9.50 Å². The first kappa shape index (κ1) is 11.2. The third kappa shape index (κ3) is 1.98. The minimum Gasteiger partial charge on any atom is -0.308 e. The third-order valence-electron chi connectivity index (χ3n) is 2.83. The standard InChI is InChI=1S/C13H9N5O/c14-8-11-7-10(1-3-15-11)9-17-5-6-18-12(13(17)19)2-4-16-18/h1-7H,9H2. The number of rotatable bonds is 2. The molecule has 0 aliphatic rings. The Kier molecular flexibility index (Phi) is 2.58. The molecule has 3 heterocycles. The first-order chi connectivity index (χ1) is 9.28. The summed E-state index contributed by atoms with van der Waals surface area (Å²) in [5, 5.41) is 12.8. The average molecular weight is 251 g/mol. The summed E-state index contributed by atoms with van der Waals surface area (Å²) in [6, 6.07) is 7.11. The Morgan fingerprint density at radius 3 is 3.00 bits per heavy atom. The molecule has 0 aromatic carbocycles. The van der Waals surface area contributed by atoms with Crippen LogP contribution in [-0.4, -0.2) is 19.2 Å². The van der Waals surface area contributed by atoms with Gasteiger partial charge >= 0.3 is 0 Å². The fraction of sp³-hybridized carbons (Fsp3) is 0.0769. The Hall–Kier alpha value is -2.94. The number of pyridine rings is 1. The van der Waals surface area contributed by atoms with Gasteiger partial charge in [-0.05, 0) is 23.8 Å². The number of nitrogens with zero attached hydrogens (tertiary/aromatic N) is 5. The van der Waals surface area contributed by atoms with E-state index < -0.39 is 0 Å². The van der Waals surface area contributed by atoms with Crippen LogP contribution >= 0.6 is 0 Å². The van der Waals surface area contributed by atoms with Crippen molar-refractivity contribution in [3.05, 3.63) is 64.6 Å². The molecular weight excluding hydrogens is 242 g/mol. The van der Waals surface area contributed by atoms with Crippen molar-refractivity contribution in [3.8, 4) is 6.07 Å². The van der Waals surface area contributed by atoms with Crippen molar-refractivity contribution in [2.75, 3.05) is 0 Å². The zero-order chi connectivity index (χ0) is 13.2. The van der Waals surface area contributed by atoms with Crippen LogP contribution in [0.3, 0.4) is 0 Å². The second-order valence-electron chi connectivity index (χ2n) is 4.05. The van der Waals surface area contributed by atoms with Crippen molar-refractivity contribution < 1.29 is 0 Å². The van der Waals surface area contributed by atoms with E-state index in [1.54, 1.807) is 47.6 Å². The second-order valence-corrected chi connectivity index (χ2v) is 4.05. The number of fused-ring (bicyclic) bond motifs is 1. The van der Waals surface area contributed by atoms with Crippen molar-refractivity contribution >= 4 is 5.52 Å². The lowest BCUT2D eigenvalue weighted by molar-refractivity contribution is 0.741. The average Bonchev–Trinajstić information content (AvgIpc) is 2.91. The zero-order valence-corrected chi connectivity index (χ0v) is 9.89. The molecule has 3 rings (SSSR count). The summed E-state index contributed by atoms with van der Waals surface area (Å²) in [6.45, 7) is 0.401. The maximum Gasteiger partial charge on any atom is 0.276 e. The highest BCUT2D eigenvalue weighted by atomic mass is 16.1. The lowest BCUT2D eigenvalue weighted by atomic mass is 10.2. The summed E-state index contributed by atoms with van der Waals surface area (Å²) in [5.74, 6) is 0. The minimum atomic E-state index is -0.115. The van der Waals surface area contributed by atoms with Crippen LogP contribution in [-0.2, 0) is 6.54 Å². The molecule has 0 fully saturated rings. The Morgan fingerprint density at radius 1 is 1.26 bits per heavy atom. The lowest BCUT2D eigenvalue weighted by Gasteiger charge is -2.06. The molecule has 0 unspecified atom stereocenters. The molecule has 19 heavy (non-hydrogen) atoms. The molecule has 0 bridgehead atoms. The van der Waals surface area contributed by atoms with Crippen LogP contribution in [0.1, 0.15) is 11.3 Å². The summed E-state index contributed by atoms with van der Waals surface area (Å²) in [5.41, 5.74) is 1.61. The molecule has 3 aromatic heterocycles. The van der Waals surface area contributed by atoms with E-state index in [0.717, 1.165) is 5.56 Å². The van der Waals surface area contributed by atoms with Gasteiger partial charge in [0, 0.05) is 18.6 Å². The predicted molar refractivity (Wildman–Crippen MR) is 67.5 cm³/mol. The second kappa shape index (κ2) is 4.38. The fourth-order valence-electron chi connectivity index (χ4n) is 1.92. The van der Waals surface area contributed by atoms with E-state index in [4.69, 9.17) is 5.26 Å². The summed E-state index contributed by atoms with van der Waals surface area (Å²) in [7, 11) is 0. The Balaban J connectivity index is 2.03. The monoisotopic (exact) mass is 251 g/mol. The molecular formula is C13H9N5O. The maximum absolute atomic E-state index is 12.2. The molecule has 0 saturated carbocycles. The van der Waals surface area contributed by atoms with E-state index in [1.165, 1.54) is 4.52 Å². The normalized spacial score (nSPS) is 10.5. The zero-order valence-electron chi connectivity index (χ0n) is 9.89. The summed E-state index contributed by atoms with van der Waals surface area (Å²) >= 11 is 0. The van der Waals surface area contributed by atoms with Crippen LogP contribution < -0.4 is 5.56 Å². The third-order valence-corrected chi connectivity index (χ3v) is 2.83. The molecule has 0 radical (unpaired) electrons. The minimum absolute atomic E-state index is 0.115. The molecule has 0 saturated heterocycles. The molecule has 6 heteroatoms. The number of hydrogen-bond acceptors (Lipinski definition) is 4. The molecule has 0 aliphatic heterocycles. The Bertz CT molecular complexity index is 840. The van der Waals surface area contributed by atoms with E-state index in [0.29, 0.717) is 17.8 Å². The van der Waals surface area contributed by atoms with Crippen LogP contribution in [0.15, 0.2) is 47.8 Å². The number of nitriles is 1. The van der Waals surface area contributed by atoms with Gasteiger partial charge in [0.25, 0.3) is 5.56 Å². The smallest absolute Gasteiger partial charge is 0.276 e. The molecule has 0 N–H and O–H groups in total. The topological polar surface area (TPSA) is 76.0 Å². The number of hydrogen-bond donors (Lipinski definition) is 0. The van der Waals surface area contributed by atoms with Crippen molar-refractivity contribution in [1.29, 1.82) is 5.26 Å². The van der Waals surface area contributed by atoms with Gasteiger partial charge in [0.15, 0.2) is 0 Å². The summed E-state index contributed by atoms with van der Waals surface area (Å²) in [6.07, 6.45) is 6.55. The summed E-state index contributed by atoms with van der Waals surface area (Å²) in [4.78, 5) is 16.1. The highest BCUT2D eigenvalue weighted by Gasteiger charge is 2.04. The number of aromatic nitrogens is 4. The van der Waals surface area contributed by atoms with E-state index in [2.05, 4.69) is 10.1 Å². The van der Waals surface area contributed by atoms with Gasteiger partial charge in [-0.1, -0.05) is 0 Å². The molecule has 0 atom stereocenters. The maximum atomic E-state index is 12.2. The first-order valence-corrected chi connectivity index (χ1v) is 5.66. The van der Waals surface area contributed by atoms with Crippen LogP contribution in [0.25, 0.3) is 5.52 Å². The van der Waals surface area contributed by atoms with Crippen molar-refractivity contribution in [3.63, 3.8) is 0 Å². The highest BCUT2D eigenvalue weighted by molar-refractivity contribution is 5.42. The Labute approximate surface area is 108 Å². The van der Waals surface area contributed by atoms with Crippen LogP contribution in [0.4, 0.5) is 0 Å². The van der Waals surface area contributed by atoms with Gasteiger partial charge in [-0.3, -0.25) is 4.79 Å². The molecule has 6 nitrogen and oxygen atoms in total. The largest absolute Gasteiger partial charge is 0.308 e. The van der Waals surface area contributed by atoms with Gasteiger partial charge < -0.3 is 4.57 Å². The molecule has 0 aliphatic carbocycles. The van der Waals surface area contributed by atoms with Crippen LogP contribution in [0, 0.1) is 11.3 Å². The van der Waals surface area contributed by atoms with E-state index >= 15 is 0 Å². The van der Waals surface area contributed by atoms with Gasteiger partial charge in [-0.2, -0.15) is 10.4 Å². The van der Waals surface area contributed by atoms with Crippen LogP contribution in [0.5, 0.6) is 0 Å². The quantitative estimate of drug-likeness (QED) is 0.675. The van der Waals surface area contributed by atoms with Gasteiger partial charge in [-0.15, -0.1) is 0 Å². The molecule has 3 aromatic rings. The van der Waals surface area contributed by atoms with E-state index in [9.17, 15) is 4.79 Å². The van der Waals surface area contributed by atoms with Crippen molar-refractivity contribution in [1.82, 2.24) is 19.2 Å². The lowest BCUT2D eigenvalue weighted by Crippen LogP contribution is -2.21.